The van der Waals surface area contributed by atoms with Crippen LogP contribution >= 0.6 is 0 Å². The fourth-order valence-corrected chi connectivity index (χ4v) is 3.90. The normalized spacial score (nSPS) is 20.3. The van der Waals surface area contributed by atoms with Crippen LogP contribution in [0.1, 0.15) is 44.7 Å². The van der Waals surface area contributed by atoms with E-state index < -0.39 is 5.60 Å². The van der Waals surface area contributed by atoms with Gasteiger partial charge in [0.25, 0.3) is 0 Å². The largest absolute Gasteiger partial charge is 0.497 e. The maximum atomic E-state index is 11.4. The first kappa shape index (κ1) is 21.5. The van der Waals surface area contributed by atoms with Gasteiger partial charge in [-0.1, -0.05) is 18.2 Å². The van der Waals surface area contributed by atoms with Gasteiger partial charge in [0.1, 0.15) is 28.5 Å². The minimum Gasteiger partial charge on any atom is -0.497 e. The first-order chi connectivity index (χ1) is 13.7. The van der Waals surface area contributed by atoms with Crippen LogP contribution in [-0.4, -0.2) is 42.9 Å². The molecule has 1 aliphatic rings. The topological polar surface area (TPSA) is 51.2 Å². The Hall–Kier alpha value is -2.24. The third-order valence-electron chi connectivity index (χ3n) is 5.25. The van der Waals surface area contributed by atoms with Crippen molar-refractivity contribution in [3.8, 4) is 17.2 Å². The Morgan fingerprint density at radius 3 is 2.31 bits per heavy atom. The van der Waals surface area contributed by atoms with Gasteiger partial charge in [-0.25, -0.2) is 0 Å². The van der Waals surface area contributed by atoms with Crippen LogP contribution in [0.2, 0.25) is 0 Å². The first-order valence-electron chi connectivity index (χ1n) is 10.2. The highest BCUT2D eigenvalue weighted by molar-refractivity contribution is 5.41. The maximum Gasteiger partial charge on any atom is 0.127 e. The smallest absolute Gasteiger partial charge is 0.127 e. The van der Waals surface area contributed by atoms with Gasteiger partial charge in [-0.15, -0.1) is 0 Å². The number of aliphatic hydroxyl groups is 1. The van der Waals surface area contributed by atoms with Gasteiger partial charge in [0.15, 0.2) is 0 Å². The highest BCUT2D eigenvalue weighted by Crippen LogP contribution is 2.34. The molecule has 0 radical (unpaired) electrons. The van der Waals surface area contributed by atoms with Crippen molar-refractivity contribution in [3.05, 3.63) is 53.6 Å². The molecule has 0 spiro atoms. The summed E-state index contributed by atoms with van der Waals surface area (Å²) < 4.78 is 16.7. The molecule has 5 nitrogen and oxygen atoms in total. The highest BCUT2D eigenvalue weighted by atomic mass is 16.5. The van der Waals surface area contributed by atoms with E-state index in [2.05, 4.69) is 4.90 Å². The van der Waals surface area contributed by atoms with Gasteiger partial charge >= 0.3 is 0 Å². The lowest BCUT2D eigenvalue weighted by Crippen LogP contribution is -2.45. The van der Waals surface area contributed by atoms with Crippen LogP contribution in [-0.2, 0) is 12.1 Å². The molecule has 1 saturated heterocycles. The molecule has 1 atom stereocenters. The fourth-order valence-electron chi connectivity index (χ4n) is 3.90. The van der Waals surface area contributed by atoms with Crippen LogP contribution < -0.4 is 14.2 Å². The monoisotopic (exact) mass is 399 g/mol. The molecule has 158 valence electrons. The predicted octanol–water partition coefficient (Wildman–Crippen LogP) is 4.36. The van der Waals surface area contributed by atoms with Crippen LogP contribution in [0.4, 0.5) is 0 Å². The quantitative estimate of drug-likeness (QED) is 0.782. The molecule has 0 amide bonds. The zero-order valence-corrected chi connectivity index (χ0v) is 18.2. The van der Waals surface area contributed by atoms with Crippen molar-refractivity contribution in [3.63, 3.8) is 0 Å². The number of rotatable bonds is 6. The van der Waals surface area contributed by atoms with Crippen molar-refractivity contribution in [1.29, 1.82) is 0 Å². The van der Waals surface area contributed by atoms with Crippen molar-refractivity contribution in [2.75, 3.05) is 27.3 Å². The van der Waals surface area contributed by atoms with Gasteiger partial charge in [-0.3, -0.25) is 4.90 Å². The van der Waals surface area contributed by atoms with Crippen LogP contribution in [0.3, 0.4) is 0 Å². The van der Waals surface area contributed by atoms with E-state index in [1.54, 1.807) is 14.2 Å². The molecule has 1 N–H and O–H groups in total. The molecular weight excluding hydrogens is 366 g/mol. The number of likely N-dealkylation sites (tertiary alicyclic amines) is 1. The number of ether oxygens (including phenoxy) is 3. The molecule has 1 fully saturated rings. The minimum atomic E-state index is -0.863. The first-order valence-corrected chi connectivity index (χ1v) is 10.2. The number of piperidine rings is 1. The molecule has 2 aromatic carbocycles. The van der Waals surface area contributed by atoms with E-state index >= 15 is 0 Å². The molecular formula is C24H33NO4. The molecule has 1 heterocycles. The van der Waals surface area contributed by atoms with E-state index in [0.717, 1.165) is 54.3 Å². The van der Waals surface area contributed by atoms with Gasteiger partial charge in [-0.2, -0.15) is 0 Å². The Morgan fingerprint density at radius 2 is 1.69 bits per heavy atom. The summed E-state index contributed by atoms with van der Waals surface area (Å²) in [6.45, 7) is 8.34. The molecule has 0 bridgehead atoms. The molecule has 5 heteroatoms. The Labute approximate surface area is 174 Å². The van der Waals surface area contributed by atoms with Crippen LogP contribution in [0.15, 0.2) is 42.5 Å². The summed E-state index contributed by atoms with van der Waals surface area (Å²) in [4.78, 5) is 2.29. The summed E-state index contributed by atoms with van der Waals surface area (Å²) in [5.74, 6) is 2.40. The van der Waals surface area contributed by atoms with Crippen molar-refractivity contribution in [2.45, 2.75) is 51.4 Å². The van der Waals surface area contributed by atoms with Crippen molar-refractivity contribution >= 4 is 0 Å². The average molecular weight is 400 g/mol. The molecule has 29 heavy (non-hydrogen) atoms. The minimum absolute atomic E-state index is 0.239. The van der Waals surface area contributed by atoms with Crippen LogP contribution in [0.5, 0.6) is 17.2 Å². The summed E-state index contributed by atoms with van der Waals surface area (Å²) in [6.07, 6.45) is 1.69. The van der Waals surface area contributed by atoms with E-state index in [1.807, 2.05) is 63.2 Å². The number of methoxy groups -OCH3 is 2. The van der Waals surface area contributed by atoms with E-state index in [4.69, 9.17) is 14.2 Å². The van der Waals surface area contributed by atoms with Crippen LogP contribution in [0.25, 0.3) is 0 Å². The molecule has 1 unspecified atom stereocenters. The predicted molar refractivity (Wildman–Crippen MR) is 115 cm³/mol. The average Bonchev–Trinajstić information content (AvgIpc) is 2.67. The third-order valence-corrected chi connectivity index (χ3v) is 5.25. The molecule has 0 saturated carbocycles. The molecule has 0 aromatic heterocycles. The summed E-state index contributed by atoms with van der Waals surface area (Å²) in [6, 6.07) is 13.7. The zero-order chi connectivity index (χ0) is 21.1. The lowest BCUT2D eigenvalue weighted by atomic mass is 9.85. The fraction of sp³-hybridized carbons (Fsp3) is 0.500. The van der Waals surface area contributed by atoms with E-state index in [0.29, 0.717) is 6.54 Å². The second-order valence-corrected chi connectivity index (χ2v) is 8.76. The number of nitrogens with zero attached hydrogens (tertiary/aromatic N) is 1. The molecule has 3 rings (SSSR count). The lowest BCUT2D eigenvalue weighted by molar-refractivity contribution is -0.0383. The Kier molecular flexibility index (Phi) is 6.39. The highest BCUT2D eigenvalue weighted by Gasteiger charge is 2.35. The Morgan fingerprint density at radius 1 is 1.00 bits per heavy atom. The molecule has 2 aromatic rings. The van der Waals surface area contributed by atoms with Crippen molar-refractivity contribution in [1.82, 2.24) is 4.90 Å². The second kappa shape index (κ2) is 8.64. The standard InChI is InChI=1S/C24H33NO4/c1-23(2,3)29-20-11-8-19(9-12-20)24(26)13-6-14-25(17-24)16-18-7-10-21(27-4)15-22(18)28-5/h7-12,15,26H,6,13-14,16-17H2,1-5H3. The third kappa shape index (κ3) is 5.43. The molecule has 1 aliphatic heterocycles. The summed E-state index contributed by atoms with van der Waals surface area (Å²) in [5, 5.41) is 11.4. The van der Waals surface area contributed by atoms with Crippen LogP contribution in [0, 0.1) is 0 Å². The number of benzene rings is 2. The van der Waals surface area contributed by atoms with E-state index in [9.17, 15) is 5.11 Å². The maximum absolute atomic E-state index is 11.4. The Balaban J connectivity index is 1.73. The van der Waals surface area contributed by atoms with Gasteiger partial charge in [0.2, 0.25) is 0 Å². The Bertz CT molecular complexity index is 813. The zero-order valence-electron chi connectivity index (χ0n) is 18.2. The van der Waals surface area contributed by atoms with Gasteiger partial charge in [0, 0.05) is 24.7 Å². The van der Waals surface area contributed by atoms with Gasteiger partial charge in [-0.05, 0) is 63.9 Å². The van der Waals surface area contributed by atoms with Crippen molar-refractivity contribution < 1.29 is 19.3 Å². The van der Waals surface area contributed by atoms with E-state index in [-0.39, 0.29) is 5.60 Å². The molecule has 0 aliphatic carbocycles. The second-order valence-electron chi connectivity index (χ2n) is 8.76. The SMILES string of the molecule is COc1ccc(CN2CCCC(O)(c3ccc(OC(C)(C)C)cc3)C2)c(OC)c1. The van der Waals surface area contributed by atoms with Gasteiger partial charge in [0.05, 0.1) is 14.2 Å². The lowest BCUT2D eigenvalue weighted by Gasteiger charge is -2.40. The number of hydrogen-bond acceptors (Lipinski definition) is 5. The summed E-state index contributed by atoms with van der Waals surface area (Å²) in [5.41, 5.74) is 0.923. The van der Waals surface area contributed by atoms with Gasteiger partial charge < -0.3 is 19.3 Å². The van der Waals surface area contributed by atoms with E-state index in [1.165, 1.54) is 0 Å². The summed E-state index contributed by atoms with van der Waals surface area (Å²) >= 11 is 0. The number of β-amino-alcohol motifs (C(OH)–C–C–N with tert-alkyl or cyclic N) is 1. The summed E-state index contributed by atoms with van der Waals surface area (Å²) in [7, 11) is 3.32. The van der Waals surface area contributed by atoms with Crippen molar-refractivity contribution in [2.24, 2.45) is 0 Å². The number of hydrogen-bond donors (Lipinski definition) is 1.